The zero-order valence-electron chi connectivity index (χ0n) is 9.87. The predicted molar refractivity (Wildman–Crippen MR) is 65.1 cm³/mol. The molecule has 80 valence electrons. The van der Waals surface area contributed by atoms with E-state index in [1.54, 1.807) is 0 Å². The van der Waals surface area contributed by atoms with E-state index in [4.69, 9.17) is 4.74 Å². The molecule has 1 aromatic rings. The maximum absolute atomic E-state index is 5.71. The minimum Gasteiger partial charge on any atom is -0.458 e. The number of benzene rings is 1. The van der Waals surface area contributed by atoms with Crippen LogP contribution in [0.15, 0.2) is 42.2 Å². The van der Waals surface area contributed by atoms with Gasteiger partial charge in [-0.25, -0.2) is 0 Å². The molecule has 0 spiro atoms. The molecule has 0 atom stereocenters. The Hall–Kier alpha value is -1.50. The second-order valence-corrected chi connectivity index (χ2v) is 3.54. The van der Waals surface area contributed by atoms with E-state index in [0.29, 0.717) is 0 Å². The van der Waals surface area contributed by atoms with Crippen molar-refractivity contribution in [3.8, 4) is 5.75 Å². The third-order valence-corrected chi connectivity index (χ3v) is 2.33. The fraction of sp³-hybridized carbons (Fsp3) is 0.286. The molecule has 0 heterocycles. The average Bonchev–Trinajstić information content (AvgIpc) is 2.23. The van der Waals surface area contributed by atoms with Crippen LogP contribution in [0.25, 0.3) is 0 Å². The molecule has 0 saturated carbocycles. The minimum atomic E-state index is 0.876. The zero-order chi connectivity index (χ0) is 11.3. The van der Waals surface area contributed by atoms with Crippen molar-refractivity contribution < 1.29 is 4.74 Å². The molecule has 0 amide bonds. The molecule has 1 nitrogen and oxygen atoms in total. The molecule has 0 aliphatic carbocycles. The van der Waals surface area contributed by atoms with Crippen LogP contribution in [0, 0.1) is 13.8 Å². The highest BCUT2D eigenvalue weighted by Gasteiger charge is 1.98. The molecule has 0 N–H and O–H groups in total. The summed E-state index contributed by atoms with van der Waals surface area (Å²) in [5.41, 5.74) is 2.54. The molecule has 0 unspecified atom stereocenters. The lowest BCUT2D eigenvalue weighted by Gasteiger charge is -2.08. The van der Waals surface area contributed by atoms with Crippen LogP contribution in [0.3, 0.4) is 0 Å². The van der Waals surface area contributed by atoms with Crippen LogP contribution in [0.2, 0.25) is 0 Å². The maximum Gasteiger partial charge on any atom is 0.127 e. The standard InChI is InChI=1S/C14H18O/c1-5-7-13(6-2)15-14-9-8-11(3)12(4)10-14/h5-10H,1-4H3/b7-5-,13-6+. The van der Waals surface area contributed by atoms with Crippen LogP contribution in [-0.2, 0) is 0 Å². The van der Waals surface area contributed by atoms with Crippen molar-refractivity contribution in [2.24, 2.45) is 0 Å². The lowest BCUT2D eigenvalue weighted by atomic mass is 10.1. The Kier molecular flexibility index (Phi) is 4.17. The Bertz CT molecular complexity index is 386. The van der Waals surface area contributed by atoms with Crippen LogP contribution >= 0.6 is 0 Å². The second-order valence-electron chi connectivity index (χ2n) is 3.54. The van der Waals surface area contributed by atoms with Gasteiger partial charge in [0.05, 0.1) is 0 Å². The highest BCUT2D eigenvalue weighted by Crippen LogP contribution is 2.19. The number of aryl methyl sites for hydroxylation is 2. The van der Waals surface area contributed by atoms with E-state index < -0.39 is 0 Å². The Labute approximate surface area is 92.1 Å². The summed E-state index contributed by atoms with van der Waals surface area (Å²) in [4.78, 5) is 0. The first-order valence-electron chi connectivity index (χ1n) is 5.21. The van der Waals surface area contributed by atoms with Crippen molar-refractivity contribution in [2.75, 3.05) is 0 Å². The Morgan fingerprint density at radius 3 is 2.40 bits per heavy atom. The maximum atomic E-state index is 5.71. The molecule has 0 aromatic heterocycles. The monoisotopic (exact) mass is 202 g/mol. The van der Waals surface area contributed by atoms with Crippen molar-refractivity contribution >= 4 is 0 Å². The summed E-state index contributed by atoms with van der Waals surface area (Å²) in [6.07, 6.45) is 5.88. The highest BCUT2D eigenvalue weighted by molar-refractivity contribution is 5.35. The topological polar surface area (TPSA) is 9.23 Å². The molecule has 1 aromatic carbocycles. The Balaban J connectivity index is 2.85. The van der Waals surface area contributed by atoms with Crippen LogP contribution in [0.1, 0.15) is 25.0 Å². The molecule has 0 radical (unpaired) electrons. The normalized spacial score (nSPS) is 12.1. The summed E-state index contributed by atoms with van der Waals surface area (Å²) in [5.74, 6) is 1.77. The molecular weight excluding hydrogens is 184 g/mol. The van der Waals surface area contributed by atoms with Crippen LogP contribution in [-0.4, -0.2) is 0 Å². The van der Waals surface area contributed by atoms with E-state index in [-0.39, 0.29) is 0 Å². The number of rotatable bonds is 3. The largest absolute Gasteiger partial charge is 0.458 e. The number of hydrogen-bond acceptors (Lipinski definition) is 1. The van der Waals surface area contributed by atoms with Gasteiger partial charge in [-0.3, -0.25) is 0 Å². The molecule has 15 heavy (non-hydrogen) atoms. The third-order valence-electron chi connectivity index (χ3n) is 2.33. The minimum absolute atomic E-state index is 0.876. The van der Waals surface area contributed by atoms with Gasteiger partial charge in [-0.2, -0.15) is 0 Å². The number of ether oxygens (including phenoxy) is 1. The highest BCUT2D eigenvalue weighted by atomic mass is 16.5. The lowest BCUT2D eigenvalue weighted by molar-refractivity contribution is 0.443. The van der Waals surface area contributed by atoms with E-state index in [1.165, 1.54) is 11.1 Å². The quantitative estimate of drug-likeness (QED) is 0.528. The Morgan fingerprint density at radius 1 is 1.13 bits per heavy atom. The fourth-order valence-corrected chi connectivity index (χ4v) is 1.27. The zero-order valence-corrected chi connectivity index (χ0v) is 9.87. The van der Waals surface area contributed by atoms with Crippen LogP contribution < -0.4 is 4.74 Å². The van der Waals surface area contributed by atoms with Crippen LogP contribution in [0.4, 0.5) is 0 Å². The molecular formula is C14H18O. The number of hydrogen-bond donors (Lipinski definition) is 0. The number of allylic oxidation sites excluding steroid dienone is 3. The van der Waals surface area contributed by atoms with E-state index in [2.05, 4.69) is 26.0 Å². The molecule has 0 aliphatic rings. The van der Waals surface area contributed by atoms with Crippen molar-refractivity contribution in [1.82, 2.24) is 0 Å². The summed E-state index contributed by atoms with van der Waals surface area (Å²) in [5, 5.41) is 0. The summed E-state index contributed by atoms with van der Waals surface area (Å²) in [6, 6.07) is 6.13. The van der Waals surface area contributed by atoms with Gasteiger partial charge in [-0.15, -0.1) is 0 Å². The van der Waals surface area contributed by atoms with Gasteiger partial charge in [0.25, 0.3) is 0 Å². The molecule has 1 rings (SSSR count). The Morgan fingerprint density at radius 2 is 1.87 bits per heavy atom. The molecule has 0 saturated heterocycles. The predicted octanol–water partition coefficient (Wildman–Crippen LogP) is 4.16. The van der Waals surface area contributed by atoms with Gasteiger partial charge in [-0.1, -0.05) is 12.1 Å². The van der Waals surface area contributed by atoms with Crippen molar-refractivity contribution in [1.29, 1.82) is 0 Å². The van der Waals surface area contributed by atoms with E-state index in [9.17, 15) is 0 Å². The summed E-state index contributed by atoms with van der Waals surface area (Å²) < 4.78 is 5.71. The van der Waals surface area contributed by atoms with Crippen molar-refractivity contribution in [3.63, 3.8) is 0 Å². The smallest absolute Gasteiger partial charge is 0.127 e. The third kappa shape index (κ3) is 3.28. The van der Waals surface area contributed by atoms with E-state index in [1.807, 2.05) is 38.1 Å². The molecule has 0 fully saturated rings. The lowest BCUT2D eigenvalue weighted by Crippen LogP contribution is -1.92. The van der Waals surface area contributed by atoms with E-state index in [0.717, 1.165) is 11.5 Å². The van der Waals surface area contributed by atoms with E-state index >= 15 is 0 Å². The molecule has 0 aliphatic heterocycles. The van der Waals surface area contributed by atoms with Gasteiger partial charge in [0.2, 0.25) is 0 Å². The SMILES string of the molecule is C/C=C\C(=C/C)Oc1ccc(C)c(C)c1. The summed E-state index contributed by atoms with van der Waals surface area (Å²) in [7, 11) is 0. The fourth-order valence-electron chi connectivity index (χ4n) is 1.27. The van der Waals surface area contributed by atoms with Gasteiger partial charge in [0, 0.05) is 0 Å². The molecule has 0 bridgehead atoms. The van der Waals surface area contributed by atoms with Crippen molar-refractivity contribution in [2.45, 2.75) is 27.7 Å². The van der Waals surface area contributed by atoms with Crippen LogP contribution in [0.5, 0.6) is 5.75 Å². The van der Waals surface area contributed by atoms with Gasteiger partial charge in [0.1, 0.15) is 11.5 Å². The van der Waals surface area contributed by atoms with Gasteiger partial charge in [-0.05, 0) is 63.1 Å². The van der Waals surface area contributed by atoms with Crippen molar-refractivity contribution in [3.05, 3.63) is 53.3 Å². The van der Waals surface area contributed by atoms with Gasteiger partial charge in [0.15, 0.2) is 0 Å². The average molecular weight is 202 g/mol. The molecule has 1 heteroatoms. The second kappa shape index (κ2) is 5.40. The first-order valence-corrected chi connectivity index (χ1v) is 5.21. The van der Waals surface area contributed by atoms with Gasteiger partial charge < -0.3 is 4.74 Å². The summed E-state index contributed by atoms with van der Waals surface area (Å²) >= 11 is 0. The van der Waals surface area contributed by atoms with Gasteiger partial charge >= 0.3 is 0 Å². The summed E-state index contributed by atoms with van der Waals surface area (Å²) in [6.45, 7) is 8.14. The first-order chi connectivity index (χ1) is 7.17. The first kappa shape index (κ1) is 11.6.